The topological polar surface area (TPSA) is 28.2 Å². The summed E-state index contributed by atoms with van der Waals surface area (Å²) in [6.45, 7) is 4.20. The molecule has 0 spiro atoms. The minimum atomic E-state index is -0.536. The van der Waals surface area contributed by atoms with Gasteiger partial charge in [0.1, 0.15) is 6.07 Å². The van der Waals surface area contributed by atoms with Crippen molar-refractivity contribution in [1.82, 2.24) is 0 Å². The van der Waals surface area contributed by atoms with Crippen molar-refractivity contribution in [3.05, 3.63) is 46.9 Å². The highest BCUT2D eigenvalue weighted by Crippen LogP contribution is 2.28. The second-order valence-electron chi connectivity index (χ2n) is 4.98. The molecule has 1 N–H and O–H groups in total. The van der Waals surface area contributed by atoms with E-state index in [1.165, 1.54) is 4.90 Å². The quantitative estimate of drug-likeness (QED) is 0.925. The third-order valence-electron chi connectivity index (χ3n) is 3.89. The predicted octanol–water partition coefficient (Wildman–Crippen LogP) is 2.30. The van der Waals surface area contributed by atoms with Crippen LogP contribution in [-0.4, -0.2) is 30.9 Å². The monoisotopic (exact) mass is 305 g/mol. The summed E-state index contributed by atoms with van der Waals surface area (Å²) in [5.74, 6) is 2.27. The van der Waals surface area contributed by atoms with E-state index in [0.29, 0.717) is 0 Å². The van der Waals surface area contributed by atoms with Crippen LogP contribution >= 0.6 is 23.5 Å². The Balaban J connectivity index is 2.52. The van der Waals surface area contributed by atoms with Crippen molar-refractivity contribution in [2.75, 3.05) is 30.9 Å². The summed E-state index contributed by atoms with van der Waals surface area (Å²) in [4.78, 5) is 1.38. The summed E-state index contributed by atoms with van der Waals surface area (Å²) < 4.78 is 0. The van der Waals surface area contributed by atoms with Crippen LogP contribution in [0.3, 0.4) is 0 Å². The highest BCUT2D eigenvalue weighted by molar-refractivity contribution is 8.01. The zero-order chi connectivity index (χ0) is 14.4. The molecule has 1 saturated heterocycles. The highest BCUT2D eigenvalue weighted by Gasteiger charge is 2.45. The summed E-state index contributed by atoms with van der Waals surface area (Å²) in [5.41, 5.74) is 1.73. The third-order valence-corrected chi connectivity index (χ3v) is 5.46. The Morgan fingerprint density at radius 3 is 2.55 bits per heavy atom. The van der Waals surface area contributed by atoms with E-state index in [4.69, 9.17) is 0 Å². The Morgan fingerprint density at radius 2 is 2.00 bits per heavy atom. The number of rotatable bonds is 4. The minimum Gasteiger partial charge on any atom is -0.309 e. The zero-order valence-corrected chi connectivity index (χ0v) is 13.7. The molecule has 0 aromatic heterocycles. The van der Waals surface area contributed by atoms with Gasteiger partial charge in [-0.2, -0.15) is 17.0 Å². The first-order valence-electron chi connectivity index (χ1n) is 6.85. The van der Waals surface area contributed by atoms with Gasteiger partial charge in [0, 0.05) is 22.6 Å². The van der Waals surface area contributed by atoms with E-state index in [-0.39, 0.29) is 0 Å². The molecule has 106 valence electrons. The lowest BCUT2D eigenvalue weighted by Crippen LogP contribution is -3.20. The van der Waals surface area contributed by atoms with E-state index in [1.54, 1.807) is 11.8 Å². The summed E-state index contributed by atoms with van der Waals surface area (Å²) in [6, 6.07) is 12.9. The van der Waals surface area contributed by atoms with Gasteiger partial charge >= 0.3 is 0 Å². The number of benzene rings is 1. The smallest absolute Gasteiger partial charge is 0.232 e. The van der Waals surface area contributed by atoms with Crippen LogP contribution in [-0.2, 0) is 5.54 Å². The molecule has 1 aromatic carbocycles. The third kappa shape index (κ3) is 2.90. The number of nitrogens with zero attached hydrogens (tertiary/aromatic N) is 1. The molecule has 1 atom stereocenters. The van der Waals surface area contributed by atoms with Crippen molar-refractivity contribution >= 4 is 23.5 Å². The normalized spacial score (nSPS) is 20.1. The fourth-order valence-electron chi connectivity index (χ4n) is 2.89. The molecule has 1 aliphatic rings. The molecule has 0 bridgehead atoms. The standard InChI is InChI=1S/C16H20N2S2/c1-14(12-19-2)16(13-17,15-6-4-3-5-7-15)18-8-10-20-11-9-18/h3-7,12H,8-11H2,1-2H3/p+1/b14-12+/t16-/m0/s1. The minimum absolute atomic E-state index is 0.536. The molecule has 0 unspecified atom stereocenters. The van der Waals surface area contributed by atoms with E-state index in [0.717, 1.165) is 35.7 Å². The Labute approximate surface area is 130 Å². The molecule has 0 saturated carbocycles. The Kier molecular flexibility index (Phi) is 5.59. The van der Waals surface area contributed by atoms with Gasteiger partial charge in [-0.05, 0) is 18.6 Å². The first-order chi connectivity index (χ1) is 9.75. The number of quaternary nitrogens is 1. The number of hydrogen-bond donors (Lipinski definition) is 1. The van der Waals surface area contributed by atoms with Gasteiger partial charge in [-0.1, -0.05) is 30.3 Å². The van der Waals surface area contributed by atoms with Gasteiger partial charge in [0.2, 0.25) is 5.54 Å². The van der Waals surface area contributed by atoms with Crippen LogP contribution in [0.1, 0.15) is 12.5 Å². The van der Waals surface area contributed by atoms with Gasteiger partial charge in [-0.3, -0.25) is 0 Å². The van der Waals surface area contributed by atoms with Crippen molar-refractivity contribution < 1.29 is 4.90 Å². The molecule has 1 aromatic rings. The van der Waals surface area contributed by atoms with Crippen LogP contribution in [0.4, 0.5) is 0 Å². The number of nitrogens with one attached hydrogen (secondary N) is 1. The van der Waals surface area contributed by atoms with Gasteiger partial charge in [-0.15, -0.1) is 11.8 Å². The van der Waals surface area contributed by atoms with Crippen LogP contribution in [0.2, 0.25) is 0 Å². The molecule has 0 radical (unpaired) electrons. The van der Waals surface area contributed by atoms with Crippen LogP contribution < -0.4 is 4.90 Å². The lowest BCUT2D eigenvalue weighted by atomic mass is 9.83. The molecular formula is C16H21N2S2+. The van der Waals surface area contributed by atoms with Crippen LogP contribution in [0.25, 0.3) is 0 Å². The van der Waals surface area contributed by atoms with E-state index < -0.39 is 5.54 Å². The van der Waals surface area contributed by atoms with Gasteiger partial charge in [0.05, 0.1) is 13.1 Å². The Hall–Kier alpha value is -0.890. The molecule has 1 heterocycles. The van der Waals surface area contributed by atoms with Crippen LogP contribution in [0.15, 0.2) is 41.3 Å². The lowest BCUT2D eigenvalue weighted by Gasteiger charge is -2.38. The molecule has 4 heteroatoms. The van der Waals surface area contributed by atoms with Crippen molar-refractivity contribution in [2.45, 2.75) is 12.5 Å². The van der Waals surface area contributed by atoms with E-state index >= 15 is 0 Å². The summed E-state index contributed by atoms with van der Waals surface area (Å²) >= 11 is 3.67. The maximum Gasteiger partial charge on any atom is 0.232 e. The zero-order valence-electron chi connectivity index (χ0n) is 12.1. The van der Waals surface area contributed by atoms with Crippen LogP contribution in [0.5, 0.6) is 0 Å². The SMILES string of the molecule is CS/C=C(\C)[C@@](C#N)(c1ccccc1)[NH+]1CCSCC1. The maximum atomic E-state index is 10.1. The molecule has 0 aliphatic carbocycles. The number of hydrogen-bond acceptors (Lipinski definition) is 3. The van der Waals surface area contributed by atoms with Gasteiger partial charge in [0.25, 0.3) is 0 Å². The lowest BCUT2D eigenvalue weighted by molar-refractivity contribution is -0.941. The summed E-state index contributed by atoms with van der Waals surface area (Å²) in [5, 5.41) is 12.2. The predicted molar refractivity (Wildman–Crippen MR) is 89.0 cm³/mol. The van der Waals surface area contributed by atoms with Gasteiger partial charge in [-0.25, -0.2) is 0 Å². The molecular weight excluding hydrogens is 284 g/mol. The number of thioether (sulfide) groups is 2. The molecule has 1 fully saturated rings. The second-order valence-corrected chi connectivity index (χ2v) is 6.91. The number of nitriles is 1. The van der Waals surface area contributed by atoms with E-state index in [1.807, 2.05) is 30.0 Å². The molecule has 20 heavy (non-hydrogen) atoms. The fourth-order valence-corrected chi connectivity index (χ4v) is 4.40. The van der Waals surface area contributed by atoms with Crippen molar-refractivity contribution in [2.24, 2.45) is 0 Å². The maximum absolute atomic E-state index is 10.1. The molecule has 2 nitrogen and oxygen atoms in total. The van der Waals surface area contributed by atoms with Gasteiger partial charge in [0.15, 0.2) is 0 Å². The first-order valence-corrected chi connectivity index (χ1v) is 9.29. The van der Waals surface area contributed by atoms with Crippen molar-refractivity contribution in [3.63, 3.8) is 0 Å². The van der Waals surface area contributed by atoms with Crippen molar-refractivity contribution in [1.29, 1.82) is 5.26 Å². The average molecular weight is 305 g/mol. The molecule has 0 amide bonds. The summed E-state index contributed by atoms with van der Waals surface area (Å²) in [7, 11) is 0. The first kappa shape index (κ1) is 15.5. The fraction of sp³-hybridized carbons (Fsp3) is 0.438. The molecule has 1 aliphatic heterocycles. The average Bonchev–Trinajstić information content (AvgIpc) is 2.51. The largest absolute Gasteiger partial charge is 0.309 e. The second kappa shape index (κ2) is 7.21. The van der Waals surface area contributed by atoms with E-state index in [9.17, 15) is 5.26 Å². The highest BCUT2D eigenvalue weighted by atomic mass is 32.2. The Bertz CT molecular complexity index is 501. The molecule has 2 rings (SSSR count). The van der Waals surface area contributed by atoms with Crippen LogP contribution in [0, 0.1) is 11.3 Å². The van der Waals surface area contributed by atoms with Crippen molar-refractivity contribution in [3.8, 4) is 6.07 Å². The van der Waals surface area contributed by atoms with Gasteiger partial charge < -0.3 is 4.90 Å². The Morgan fingerprint density at radius 1 is 1.35 bits per heavy atom. The summed E-state index contributed by atoms with van der Waals surface area (Å²) in [6.07, 6.45) is 2.05. The van der Waals surface area contributed by atoms with E-state index in [2.05, 4.69) is 36.8 Å².